The van der Waals surface area contributed by atoms with E-state index in [0.29, 0.717) is 6.42 Å². The van der Waals surface area contributed by atoms with E-state index >= 15 is 0 Å². The monoisotopic (exact) mass is 261 g/mol. The van der Waals surface area contributed by atoms with Crippen LogP contribution in [0, 0.1) is 0 Å². The molecule has 0 aromatic heterocycles. The van der Waals surface area contributed by atoms with E-state index in [1.54, 1.807) is 41.5 Å². The number of amides is 1. The Bertz CT molecular complexity index is 312. The van der Waals surface area contributed by atoms with E-state index in [-0.39, 0.29) is 6.61 Å². The molecule has 1 amide bonds. The Balaban J connectivity index is 2.88. The second-order valence-corrected chi connectivity index (χ2v) is 6.10. The Morgan fingerprint density at radius 1 is 1.56 bits per heavy atom. The number of carbonyl (C=O) groups excluding carboxylic acids is 1. The van der Waals surface area contributed by atoms with Gasteiger partial charge in [0.2, 0.25) is 0 Å². The predicted molar refractivity (Wildman–Crippen MR) is 67.1 cm³/mol. The minimum atomic E-state index is -1.10. The second kappa shape index (κ2) is 5.03. The Hall–Kier alpha value is -0.840. The van der Waals surface area contributed by atoms with E-state index in [4.69, 9.17) is 9.47 Å². The van der Waals surface area contributed by atoms with Crippen molar-refractivity contribution in [1.82, 2.24) is 4.90 Å². The summed E-state index contributed by atoms with van der Waals surface area (Å²) in [7, 11) is 0. The molecule has 0 aromatic rings. The van der Waals surface area contributed by atoms with Crippen LogP contribution < -0.4 is 0 Å². The number of rotatable bonds is 2. The van der Waals surface area contributed by atoms with E-state index in [1.165, 1.54) is 4.90 Å². The minimum Gasteiger partial charge on any atom is -0.444 e. The Kier molecular flexibility index (Phi) is 4.26. The van der Waals surface area contributed by atoms with Crippen LogP contribution in [-0.2, 0) is 9.47 Å². The Morgan fingerprint density at radius 3 is 2.56 bits per heavy atom. The second-order valence-electron chi connectivity index (χ2n) is 6.10. The first kappa shape index (κ1) is 15.2. The first-order valence-electron chi connectivity index (χ1n) is 6.39. The lowest BCUT2D eigenvalue weighted by Crippen LogP contribution is -2.52. The normalized spacial score (nSPS) is 25.1. The van der Waals surface area contributed by atoms with Gasteiger partial charge >= 0.3 is 6.09 Å². The number of alkyl halides is 1. The van der Waals surface area contributed by atoms with Crippen LogP contribution in [0.25, 0.3) is 0 Å². The van der Waals surface area contributed by atoms with Gasteiger partial charge < -0.3 is 9.47 Å². The lowest BCUT2D eigenvalue weighted by atomic mass is 10.1. The van der Waals surface area contributed by atoms with E-state index in [2.05, 4.69) is 0 Å². The molecule has 1 fully saturated rings. The third-order valence-electron chi connectivity index (χ3n) is 2.92. The number of halogens is 1. The zero-order chi connectivity index (χ0) is 14.1. The highest BCUT2D eigenvalue weighted by molar-refractivity contribution is 5.69. The first-order chi connectivity index (χ1) is 8.08. The van der Waals surface area contributed by atoms with E-state index in [1.807, 2.05) is 0 Å². The van der Waals surface area contributed by atoms with Gasteiger partial charge in [-0.05, 0) is 41.0 Å². The van der Waals surface area contributed by atoms with Crippen molar-refractivity contribution in [2.45, 2.75) is 71.5 Å². The Labute approximate surface area is 108 Å². The van der Waals surface area contributed by atoms with Gasteiger partial charge in [0.05, 0.1) is 12.6 Å². The molecular formula is C13H24FNO3. The van der Waals surface area contributed by atoms with Crippen LogP contribution >= 0.6 is 0 Å². The largest absolute Gasteiger partial charge is 0.444 e. The van der Waals surface area contributed by atoms with Gasteiger partial charge in [-0.15, -0.1) is 0 Å². The maximum Gasteiger partial charge on any atom is 0.412 e. The zero-order valence-corrected chi connectivity index (χ0v) is 12.1. The highest BCUT2D eigenvalue weighted by atomic mass is 19.1. The molecule has 0 aliphatic carbocycles. The van der Waals surface area contributed by atoms with Crippen molar-refractivity contribution in [3.05, 3.63) is 0 Å². The summed E-state index contributed by atoms with van der Waals surface area (Å²) < 4.78 is 24.7. The van der Waals surface area contributed by atoms with Crippen LogP contribution in [0.1, 0.15) is 48.0 Å². The van der Waals surface area contributed by atoms with Crippen LogP contribution in [0.2, 0.25) is 0 Å². The van der Waals surface area contributed by atoms with Crippen molar-refractivity contribution < 1.29 is 18.7 Å². The van der Waals surface area contributed by atoms with Gasteiger partial charge in [0.25, 0.3) is 0 Å². The summed E-state index contributed by atoms with van der Waals surface area (Å²) in [4.78, 5) is 13.5. The first-order valence-corrected chi connectivity index (χ1v) is 6.39. The van der Waals surface area contributed by atoms with Crippen molar-refractivity contribution in [2.75, 3.05) is 6.61 Å². The molecular weight excluding hydrogens is 237 g/mol. The molecule has 1 rings (SSSR count). The van der Waals surface area contributed by atoms with Gasteiger partial charge in [-0.3, -0.25) is 4.90 Å². The standard InChI is InChI=1S/C13H24FNO3/c1-7-9(14)10-8-17-13(5,6)15(10)11(16)18-12(2,3)4/h9-10H,7-8H2,1-6H3/t9-,10+/m0/s1. The molecule has 1 aliphatic heterocycles. The molecule has 1 heterocycles. The lowest BCUT2D eigenvalue weighted by molar-refractivity contribution is -0.0652. The zero-order valence-electron chi connectivity index (χ0n) is 12.1. The Morgan fingerprint density at radius 2 is 2.11 bits per heavy atom. The molecule has 0 spiro atoms. The third kappa shape index (κ3) is 3.34. The molecule has 1 saturated heterocycles. The van der Waals surface area contributed by atoms with Gasteiger partial charge in [-0.25, -0.2) is 9.18 Å². The molecule has 0 radical (unpaired) electrons. The maximum atomic E-state index is 13.9. The fourth-order valence-corrected chi connectivity index (χ4v) is 2.04. The van der Waals surface area contributed by atoms with E-state index in [0.717, 1.165) is 0 Å². The molecule has 0 bridgehead atoms. The number of nitrogens with zero attached hydrogens (tertiary/aromatic N) is 1. The summed E-state index contributed by atoms with van der Waals surface area (Å²) in [5.74, 6) is 0. The van der Waals surface area contributed by atoms with E-state index < -0.39 is 29.6 Å². The van der Waals surface area contributed by atoms with Crippen LogP contribution in [0.3, 0.4) is 0 Å². The van der Waals surface area contributed by atoms with Crippen molar-refractivity contribution in [3.63, 3.8) is 0 Å². The van der Waals surface area contributed by atoms with Gasteiger partial charge in [0.1, 0.15) is 17.5 Å². The van der Waals surface area contributed by atoms with E-state index in [9.17, 15) is 9.18 Å². The van der Waals surface area contributed by atoms with Crippen molar-refractivity contribution in [1.29, 1.82) is 0 Å². The highest BCUT2D eigenvalue weighted by Crippen LogP contribution is 2.32. The summed E-state index contributed by atoms with van der Waals surface area (Å²) >= 11 is 0. The average molecular weight is 261 g/mol. The summed E-state index contributed by atoms with van der Waals surface area (Å²) in [6.07, 6.45) is -1.27. The van der Waals surface area contributed by atoms with Gasteiger partial charge in [-0.1, -0.05) is 6.92 Å². The summed E-state index contributed by atoms with van der Waals surface area (Å²) in [6, 6.07) is -0.570. The van der Waals surface area contributed by atoms with Gasteiger partial charge in [-0.2, -0.15) is 0 Å². The highest BCUT2D eigenvalue weighted by Gasteiger charge is 2.48. The minimum absolute atomic E-state index is 0.210. The molecule has 0 N–H and O–H groups in total. The fraction of sp³-hybridized carbons (Fsp3) is 0.923. The number of hydrogen-bond donors (Lipinski definition) is 0. The van der Waals surface area contributed by atoms with Crippen molar-refractivity contribution in [2.24, 2.45) is 0 Å². The molecule has 4 nitrogen and oxygen atoms in total. The molecule has 0 aromatic carbocycles. The molecule has 106 valence electrons. The van der Waals surface area contributed by atoms with Crippen LogP contribution in [0.5, 0.6) is 0 Å². The SMILES string of the molecule is CC[C@H](F)[C@H]1COC(C)(C)N1C(=O)OC(C)(C)C. The summed E-state index contributed by atoms with van der Waals surface area (Å²) in [5, 5.41) is 0. The van der Waals surface area contributed by atoms with Gasteiger partial charge in [0, 0.05) is 0 Å². The van der Waals surface area contributed by atoms with Crippen molar-refractivity contribution >= 4 is 6.09 Å². The summed E-state index contributed by atoms with van der Waals surface area (Å²) in [5.41, 5.74) is -1.43. The molecule has 18 heavy (non-hydrogen) atoms. The summed E-state index contributed by atoms with van der Waals surface area (Å²) in [6.45, 7) is 10.8. The van der Waals surface area contributed by atoms with Gasteiger partial charge in [0.15, 0.2) is 0 Å². The lowest BCUT2D eigenvalue weighted by Gasteiger charge is -2.35. The quantitative estimate of drug-likeness (QED) is 0.766. The molecule has 5 heteroatoms. The number of carbonyl (C=O) groups is 1. The number of hydrogen-bond acceptors (Lipinski definition) is 3. The smallest absolute Gasteiger partial charge is 0.412 e. The number of ether oxygens (including phenoxy) is 2. The molecule has 0 saturated carbocycles. The predicted octanol–water partition coefficient (Wildman–Crippen LogP) is 3.11. The fourth-order valence-electron chi connectivity index (χ4n) is 2.04. The van der Waals surface area contributed by atoms with Crippen molar-refractivity contribution in [3.8, 4) is 0 Å². The van der Waals surface area contributed by atoms with Crippen LogP contribution in [-0.4, -0.2) is 41.1 Å². The molecule has 2 atom stereocenters. The topological polar surface area (TPSA) is 38.8 Å². The maximum absolute atomic E-state index is 13.9. The van der Waals surface area contributed by atoms with Crippen LogP contribution in [0.4, 0.5) is 9.18 Å². The van der Waals surface area contributed by atoms with Crippen LogP contribution in [0.15, 0.2) is 0 Å². The molecule has 0 unspecified atom stereocenters. The third-order valence-corrected chi connectivity index (χ3v) is 2.92. The molecule has 1 aliphatic rings. The average Bonchev–Trinajstić information content (AvgIpc) is 2.50.